The number of Topliss-reactive ketones (excluding diaryl/α,β-unsaturated/α-hetero) is 1. The maximum absolute atomic E-state index is 13.9. The third-order valence-corrected chi connectivity index (χ3v) is 5.87. The van der Waals surface area contributed by atoms with E-state index in [4.69, 9.17) is 0 Å². The minimum absolute atomic E-state index is 0.125. The molecule has 1 unspecified atom stereocenters. The predicted octanol–water partition coefficient (Wildman–Crippen LogP) is 5.75. The van der Waals surface area contributed by atoms with Gasteiger partial charge in [0.15, 0.2) is 5.78 Å². The summed E-state index contributed by atoms with van der Waals surface area (Å²) in [6.45, 7) is 4.59. The molecule has 1 N–H and O–H groups in total. The van der Waals surface area contributed by atoms with Gasteiger partial charge < -0.3 is 0 Å². The van der Waals surface area contributed by atoms with Crippen molar-refractivity contribution in [2.45, 2.75) is 18.5 Å². The number of rotatable bonds is 5. The van der Waals surface area contributed by atoms with Crippen LogP contribution in [0, 0.1) is 0 Å². The van der Waals surface area contributed by atoms with E-state index in [1.54, 1.807) is 0 Å². The highest BCUT2D eigenvalue weighted by Crippen LogP contribution is 2.44. The summed E-state index contributed by atoms with van der Waals surface area (Å²) in [7, 11) is 0. The molecule has 4 aromatic carbocycles. The molecule has 1 atom stereocenters. The molecule has 0 aliphatic heterocycles. The maximum atomic E-state index is 13.9. The van der Waals surface area contributed by atoms with Crippen LogP contribution in [0.25, 0.3) is 21.5 Å². The average Bonchev–Trinajstić information content (AvgIpc) is 2.75. The minimum Gasteiger partial charge on any atom is -0.297 e. The smallest absolute Gasteiger partial charge is 0.188 e. The number of hydrogen-bond donors (Lipinski definition) is 1. The fourth-order valence-electron chi connectivity index (χ4n) is 4.57. The Bertz CT molecular complexity index is 1230. The lowest BCUT2D eigenvalue weighted by Gasteiger charge is -2.38. The molecule has 136 valence electrons. The van der Waals surface area contributed by atoms with Crippen molar-refractivity contribution in [3.05, 3.63) is 108 Å². The lowest BCUT2D eigenvalue weighted by atomic mass is 9.72. The molecule has 4 aromatic rings. The zero-order valence-corrected chi connectivity index (χ0v) is 15.6. The molecule has 2 nitrogen and oxygen atoms in total. The standard InChI is InChI=1S/C26H21NO/c1-2-16-26(27-17-18-8-4-3-5-9-18)22-13-7-11-20-15-14-19-10-6-12-21(25(26)28)23(19)24(20)22/h2-15,27H,1,16-17H2. The van der Waals surface area contributed by atoms with Crippen molar-refractivity contribution in [2.75, 3.05) is 0 Å². The molecule has 1 aliphatic rings. The molecule has 0 heterocycles. The lowest BCUT2D eigenvalue weighted by molar-refractivity contribution is 0.0846. The highest BCUT2D eigenvalue weighted by molar-refractivity contribution is 6.25. The van der Waals surface area contributed by atoms with E-state index in [1.165, 1.54) is 10.8 Å². The number of ketones is 1. The highest BCUT2D eigenvalue weighted by atomic mass is 16.1. The highest BCUT2D eigenvalue weighted by Gasteiger charge is 2.44. The van der Waals surface area contributed by atoms with E-state index in [-0.39, 0.29) is 5.78 Å². The van der Waals surface area contributed by atoms with Crippen molar-refractivity contribution in [1.29, 1.82) is 0 Å². The Morgan fingerprint density at radius 1 is 0.821 bits per heavy atom. The summed E-state index contributed by atoms with van der Waals surface area (Å²) >= 11 is 0. The second-order valence-electron chi connectivity index (χ2n) is 7.44. The van der Waals surface area contributed by atoms with E-state index >= 15 is 0 Å². The van der Waals surface area contributed by atoms with Gasteiger partial charge in [-0.3, -0.25) is 10.1 Å². The number of benzene rings is 4. The fourth-order valence-corrected chi connectivity index (χ4v) is 4.57. The van der Waals surface area contributed by atoms with Crippen molar-refractivity contribution in [1.82, 2.24) is 5.32 Å². The topological polar surface area (TPSA) is 29.1 Å². The Labute approximate surface area is 164 Å². The first-order valence-electron chi connectivity index (χ1n) is 9.64. The first kappa shape index (κ1) is 16.9. The van der Waals surface area contributed by atoms with E-state index in [2.05, 4.69) is 54.4 Å². The molecule has 5 rings (SSSR count). The van der Waals surface area contributed by atoms with Crippen LogP contribution >= 0.6 is 0 Å². The zero-order chi connectivity index (χ0) is 19.1. The number of carbonyl (C=O) groups is 1. The van der Waals surface area contributed by atoms with Crippen LogP contribution in [0.5, 0.6) is 0 Å². The summed E-state index contributed by atoms with van der Waals surface area (Å²) in [6, 6.07) is 26.8. The molecule has 0 saturated heterocycles. The molecule has 0 bridgehead atoms. The van der Waals surface area contributed by atoms with Gasteiger partial charge in [0.25, 0.3) is 0 Å². The van der Waals surface area contributed by atoms with Crippen LogP contribution in [-0.2, 0) is 12.1 Å². The van der Waals surface area contributed by atoms with Gasteiger partial charge in [-0.1, -0.05) is 84.9 Å². The van der Waals surface area contributed by atoms with E-state index < -0.39 is 5.54 Å². The second kappa shape index (κ2) is 6.43. The summed E-state index contributed by atoms with van der Waals surface area (Å²) < 4.78 is 0. The Hall–Kier alpha value is -3.23. The molecule has 1 aliphatic carbocycles. The molecule has 0 spiro atoms. The summed E-state index contributed by atoms with van der Waals surface area (Å²) in [4.78, 5) is 13.9. The molecule has 28 heavy (non-hydrogen) atoms. The molecular weight excluding hydrogens is 342 g/mol. The van der Waals surface area contributed by atoms with E-state index in [1.807, 2.05) is 42.5 Å². The Morgan fingerprint density at radius 3 is 2.29 bits per heavy atom. The molecular formula is C26H21NO. The predicted molar refractivity (Wildman–Crippen MR) is 116 cm³/mol. The van der Waals surface area contributed by atoms with Crippen molar-refractivity contribution < 1.29 is 4.79 Å². The van der Waals surface area contributed by atoms with Gasteiger partial charge >= 0.3 is 0 Å². The first-order valence-corrected chi connectivity index (χ1v) is 9.64. The third kappa shape index (κ3) is 2.35. The van der Waals surface area contributed by atoms with Crippen LogP contribution in [0.3, 0.4) is 0 Å². The van der Waals surface area contributed by atoms with Gasteiger partial charge in [0, 0.05) is 17.5 Å². The average molecular weight is 363 g/mol. The molecule has 0 fully saturated rings. The normalized spacial score (nSPS) is 18.1. The first-order chi connectivity index (χ1) is 13.7. The van der Waals surface area contributed by atoms with Crippen molar-refractivity contribution >= 4 is 27.3 Å². The Kier molecular flexibility index (Phi) is 3.88. The van der Waals surface area contributed by atoms with E-state index in [0.29, 0.717) is 13.0 Å². The van der Waals surface area contributed by atoms with Gasteiger partial charge in [-0.2, -0.15) is 0 Å². The van der Waals surface area contributed by atoms with Gasteiger partial charge in [0.1, 0.15) is 5.54 Å². The summed E-state index contributed by atoms with van der Waals surface area (Å²) in [5.74, 6) is 0.125. The molecule has 0 amide bonds. The molecule has 2 heteroatoms. The summed E-state index contributed by atoms with van der Waals surface area (Å²) in [6.07, 6.45) is 2.39. The number of carbonyl (C=O) groups excluding carboxylic acids is 1. The fraction of sp³-hybridized carbons (Fsp3) is 0.115. The van der Waals surface area contributed by atoms with Gasteiger partial charge in [-0.15, -0.1) is 6.58 Å². The number of hydrogen-bond acceptors (Lipinski definition) is 2. The SMILES string of the molecule is C=CCC1(NCc2ccccc2)C(=O)c2cccc3ccc4cccc1c4c23. The van der Waals surface area contributed by atoms with Crippen molar-refractivity contribution in [2.24, 2.45) is 0 Å². The monoisotopic (exact) mass is 363 g/mol. The van der Waals surface area contributed by atoms with Crippen LogP contribution in [0.15, 0.2) is 91.5 Å². The Balaban J connectivity index is 1.78. The minimum atomic E-state index is -0.806. The zero-order valence-electron chi connectivity index (χ0n) is 15.6. The van der Waals surface area contributed by atoms with Crippen LogP contribution in [-0.4, -0.2) is 5.78 Å². The third-order valence-electron chi connectivity index (χ3n) is 5.87. The molecule has 0 radical (unpaired) electrons. The molecule has 0 aromatic heterocycles. The van der Waals surface area contributed by atoms with Crippen LogP contribution in [0.1, 0.15) is 27.9 Å². The lowest BCUT2D eigenvalue weighted by Crippen LogP contribution is -2.50. The van der Waals surface area contributed by atoms with Gasteiger partial charge in [-0.25, -0.2) is 0 Å². The van der Waals surface area contributed by atoms with Crippen LogP contribution < -0.4 is 5.32 Å². The molecule has 0 saturated carbocycles. The van der Waals surface area contributed by atoms with Gasteiger partial charge in [-0.05, 0) is 33.7 Å². The summed E-state index contributed by atoms with van der Waals surface area (Å²) in [5.41, 5.74) is 2.20. The van der Waals surface area contributed by atoms with Gasteiger partial charge in [0.05, 0.1) is 0 Å². The van der Waals surface area contributed by atoms with Crippen molar-refractivity contribution in [3.8, 4) is 0 Å². The largest absolute Gasteiger partial charge is 0.297 e. The maximum Gasteiger partial charge on any atom is 0.188 e. The number of nitrogens with one attached hydrogen (secondary N) is 1. The van der Waals surface area contributed by atoms with Crippen LogP contribution in [0.2, 0.25) is 0 Å². The van der Waals surface area contributed by atoms with Gasteiger partial charge in [0.2, 0.25) is 0 Å². The van der Waals surface area contributed by atoms with Crippen LogP contribution in [0.4, 0.5) is 0 Å². The van der Waals surface area contributed by atoms with Crippen molar-refractivity contribution in [3.63, 3.8) is 0 Å². The second-order valence-corrected chi connectivity index (χ2v) is 7.44. The quantitative estimate of drug-likeness (QED) is 0.361. The summed E-state index contributed by atoms with van der Waals surface area (Å²) in [5, 5.41) is 8.15. The van der Waals surface area contributed by atoms with E-state index in [0.717, 1.165) is 27.5 Å². The Morgan fingerprint density at radius 2 is 1.54 bits per heavy atom. The van der Waals surface area contributed by atoms with E-state index in [9.17, 15) is 4.79 Å².